The fourth-order valence-corrected chi connectivity index (χ4v) is 2.72. The Morgan fingerprint density at radius 2 is 1.23 bits per heavy atom. The first kappa shape index (κ1) is 27.0. The minimum atomic E-state index is 0.781. The van der Waals surface area contributed by atoms with Crippen LogP contribution in [0.2, 0.25) is 0 Å². The van der Waals surface area contributed by atoms with Crippen LogP contribution in [0.5, 0.6) is 0 Å². The van der Waals surface area contributed by atoms with E-state index in [1.165, 1.54) is 83.1 Å². The van der Waals surface area contributed by atoms with Gasteiger partial charge in [-0.05, 0) is 43.8 Å². The van der Waals surface area contributed by atoms with E-state index in [1.54, 1.807) is 0 Å². The zero-order valence-electron chi connectivity index (χ0n) is 17.8. The second-order valence-corrected chi connectivity index (χ2v) is 6.94. The maximum atomic E-state index is 11.0. The third kappa shape index (κ3) is 25.1. The molecule has 0 amide bonds. The molecule has 0 aromatic carbocycles. The van der Waals surface area contributed by atoms with Gasteiger partial charge < -0.3 is 0 Å². The Balaban J connectivity index is 0. The van der Waals surface area contributed by atoms with Gasteiger partial charge in [-0.1, -0.05) is 97.1 Å². The molecule has 0 unspecified atom stereocenters. The van der Waals surface area contributed by atoms with Crippen LogP contribution in [0.15, 0.2) is 23.8 Å². The molecule has 2 heteroatoms. The molecule has 0 aromatic rings. The summed E-state index contributed by atoms with van der Waals surface area (Å²) >= 11 is 0. The lowest BCUT2D eigenvalue weighted by atomic mass is 10.0. The van der Waals surface area contributed by atoms with Crippen molar-refractivity contribution in [2.75, 3.05) is 0 Å². The highest BCUT2D eigenvalue weighted by atomic mass is 16.1. The topological polar surface area (TPSA) is 34.1 Å². The summed E-state index contributed by atoms with van der Waals surface area (Å²) in [7, 11) is 0. The molecule has 0 aromatic heterocycles. The van der Waals surface area contributed by atoms with Gasteiger partial charge in [0.25, 0.3) is 0 Å². The second-order valence-electron chi connectivity index (χ2n) is 6.94. The first-order chi connectivity index (χ1) is 12.8. The molecule has 0 saturated carbocycles. The number of allylic oxidation sites excluding steroid dienone is 4. The summed E-state index contributed by atoms with van der Waals surface area (Å²) < 4.78 is 0. The van der Waals surface area contributed by atoms with E-state index in [9.17, 15) is 9.59 Å². The molecule has 152 valence electrons. The Kier molecular flexibility index (Phi) is 27.1. The van der Waals surface area contributed by atoms with Crippen molar-refractivity contribution in [2.45, 2.75) is 117 Å². The van der Waals surface area contributed by atoms with Crippen molar-refractivity contribution in [2.24, 2.45) is 0 Å². The number of aldehydes is 2. The Hall–Kier alpha value is -1.18. The summed E-state index contributed by atoms with van der Waals surface area (Å²) in [4.78, 5) is 20.5. The van der Waals surface area contributed by atoms with Gasteiger partial charge in [0.15, 0.2) is 0 Å². The van der Waals surface area contributed by atoms with Crippen molar-refractivity contribution in [3.8, 4) is 0 Å². The minimum absolute atomic E-state index is 0.781. The Labute approximate surface area is 163 Å². The molecule has 0 aliphatic rings. The van der Waals surface area contributed by atoms with E-state index in [4.69, 9.17) is 0 Å². The predicted octanol–water partition coefficient (Wildman–Crippen LogP) is 7.76. The molecular weight excluding hydrogens is 320 g/mol. The summed E-state index contributed by atoms with van der Waals surface area (Å²) in [6.45, 7) is 6.48. The fraction of sp³-hybridized carbons (Fsp3) is 0.750. The first-order valence-electron chi connectivity index (χ1n) is 11.0. The van der Waals surface area contributed by atoms with E-state index in [-0.39, 0.29) is 0 Å². The normalized spacial score (nSPS) is 11.3. The van der Waals surface area contributed by atoms with Crippen molar-refractivity contribution >= 4 is 12.6 Å². The SMILES string of the molecule is CC/C=C/C=O.CCCCCCCCC=C(C=O)CCCCCCCC. The molecule has 0 fully saturated rings. The molecule has 0 N–H and O–H groups in total. The van der Waals surface area contributed by atoms with Gasteiger partial charge in [-0.2, -0.15) is 0 Å². The van der Waals surface area contributed by atoms with Crippen LogP contribution in [-0.2, 0) is 9.59 Å². The predicted molar refractivity (Wildman–Crippen MR) is 116 cm³/mol. The number of rotatable bonds is 17. The van der Waals surface area contributed by atoms with Crippen LogP contribution in [0.25, 0.3) is 0 Å². The van der Waals surface area contributed by atoms with Crippen LogP contribution in [0.3, 0.4) is 0 Å². The summed E-state index contributed by atoms with van der Waals surface area (Å²) in [5.74, 6) is 0. The molecule has 26 heavy (non-hydrogen) atoms. The lowest BCUT2D eigenvalue weighted by Gasteiger charge is -2.02. The lowest BCUT2D eigenvalue weighted by molar-refractivity contribution is -0.105. The van der Waals surface area contributed by atoms with Gasteiger partial charge in [0, 0.05) is 0 Å². The average molecular weight is 365 g/mol. The highest BCUT2D eigenvalue weighted by Crippen LogP contribution is 2.13. The second kappa shape index (κ2) is 26.1. The molecule has 0 aliphatic carbocycles. The largest absolute Gasteiger partial charge is 0.299 e. The molecule has 0 rings (SSSR count). The van der Waals surface area contributed by atoms with Crippen LogP contribution in [0.4, 0.5) is 0 Å². The van der Waals surface area contributed by atoms with E-state index in [0.29, 0.717) is 0 Å². The molecule has 0 spiro atoms. The molecule has 0 atom stereocenters. The zero-order chi connectivity index (χ0) is 19.7. The van der Waals surface area contributed by atoms with E-state index in [0.717, 1.165) is 37.4 Å². The quantitative estimate of drug-likeness (QED) is 0.150. The maximum Gasteiger partial charge on any atom is 0.145 e. The van der Waals surface area contributed by atoms with Crippen molar-refractivity contribution in [1.29, 1.82) is 0 Å². The Morgan fingerprint density at radius 3 is 1.69 bits per heavy atom. The highest BCUT2D eigenvalue weighted by Gasteiger charge is 1.97. The summed E-state index contributed by atoms with van der Waals surface area (Å²) in [5.41, 5.74) is 1.04. The summed E-state index contributed by atoms with van der Waals surface area (Å²) in [6, 6.07) is 0. The Bertz CT molecular complexity index is 342. The smallest absolute Gasteiger partial charge is 0.145 e. The van der Waals surface area contributed by atoms with Crippen LogP contribution < -0.4 is 0 Å². The third-order valence-electron chi connectivity index (χ3n) is 4.38. The molecule has 2 nitrogen and oxygen atoms in total. The van der Waals surface area contributed by atoms with Gasteiger partial charge in [0.05, 0.1) is 0 Å². The molecule has 0 heterocycles. The Morgan fingerprint density at radius 1 is 0.692 bits per heavy atom. The number of unbranched alkanes of at least 4 members (excludes halogenated alkanes) is 11. The molecular formula is C24H44O2. The van der Waals surface area contributed by atoms with Crippen LogP contribution in [0, 0.1) is 0 Å². The van der Waals surface area contributed by atoms with E-state index in [1.807, 2.05) is 13.0 Å². The first-order valence-corrected chi connectivity index (χ1v) is 11.0. The number of hydrogen-bond acceptors (Lipinski definition) is 2. The summed E-state index contributed by atoms with van der Waals surface area (Å²) in [5, 5.41) is 0. The lowest BCUT2D eigenvalue weighted by Crippen LogP contribution is -1.87. The average Bonchev–Trinajstić information content (AvgIpc) is 2.67. The third-order valence-corrected chi connectivity index (χ3v) is 4.38. The maximum absolute atomic E-state index is 11.0. The molecule has 0 aliphatic heterocycles. The zero-order valence-corrected chi connectivity index (χ0v) is 17.8. The van der Waals surface area contributed by atoms with E-state index < -0.39 is 0 Å². The summed E-state index contributed by atoms with van der Waals surface area (Å²) in [6.07, 6.45) is 26.2. The number of hydrogen-bond donors (Lipinski definition) is 0. The number of carbonyl (C=O) groups excluding carboxylic acids is 2. The van der Waals surface area contributed by atoms with Crippen molar-refractivity contribution in [3.63, 3.8) is 0 Å². The van der Waals surface area contributed by atoms with Gasteiger partial charge in [-0.25, -0.2) is 0 Å². The van der Waals surface area contributed by atoms with Gasteiger partial charge >= 0.3 is 0 Å². The minimum Gasteiger partial charge on any atom is -0.299 e. The van der Waals surface area contributed by atoms with Gasteiger partial charge in [-0.3, -0.25) is 9.59 Å². The van der Waals surface area contributed by atoms with Gasteiger partial charge in [-0.15, -0.1) is 0 Å². The van der Waals surface area contributed by atoms with E-state index >= 15 is 0 Å². The van der Waals surface area contributed by atoms with Crippen molar-refractivity contribution in [3.05, 3.63) is 23.8 Å². The van der Waals surface area contributed by atoms with Crippen LogP contribution >= 0.6 is 0 Å². The fourth-order valence-electron chi connectivity index (χ4n) is 2.72. The standard InChI is InChI=1S/C19H36O.C5H8O/c1-3-5-7-9-11-13-15-17-19(18-20)16-14-12-10-8-6-4-2;1-2-3-4-5-6/h17-18H,3-16H2,1-2H3;3-5H,2H2,1H3/b;4-3+. The van der Waals surface area contributed by atoms with Crippen molar-refractivity contribution in [1.82, 2.24) is 0 Å². The molecule has 0 saturated heterocycles. The monoisotopic (exact) mass is 364 g/mol. The van der Waals surface area contributed by atoms with Gasteiger partial charge in [0.2, 0.25) is 0 Å². The number of carbonyl (C=O) groups is 2. The molecule has 0 bridgehead atoms. The van der Waals surface area contributed by atoms with E-state index in [2.05, 4.69) is 19.9 Å². The van der Waals surface area contributed by atoms with Crippen LogP contribution in [-0.4, -0.2) is 12.6 Å². The molecule has 0 radical (unpaired) electrons. The highest BCUT2D eigenvalue weighted by molar-refractivity contribution is 5.72. The van der Waals surface area contributed by atoms with Gasteiger partial charge in [0.1, 0.15) is 12.6 Å². The van der Waals surface area contributed by atoms with Crippen molar-refractivity contribution < 1.29 is 9.59 Å². The van der Waals surface area contributed by atoms with Crippen LogP contribution in [0.1, 0.15) is 117 Å².